The molecule has 0 amide bonds. The van der Waals surface area contributed by atoms with Gasteiger partial charge in [0.2, 0.25) is 0 Å². The molecule has 0 aliphatic carbocycles. The van der Waals surface area contributed by atoms with Gasteiger partial charge >= 0.3 is 0 Å². The van der Waals surface area contributed by atoms with Gasteiger partial charge in [-0.2, -0.15) is 0 Å². The molecular weight excluding hydrogens is 150 g/mol. The molecule has 0 fully saturated rings. The molecule has 0 saturated heterocycles. The van der Waals surface area contributed by atoms with Crippen LogP contribution < -0.4 is 5.32 Å². The van der Waals surface area contributed by atoms with E-state index in [2.05, 4.69) is 19.2 Å². The van der Waals surface area contributed by atoms with E-state index >= 15 is 0 Å². The van der Waals surface area contributed by atoms with Gasteiger partial charge in [0, 0.05) is 0 Å². The normalized spacial score (nSPS) is 14.2. The fraction of sp³-hybridized carbons (Fsp3) is 0.900. The number of hydrogen-bond acceptors (Lipinski definition) is 2. The zero-order valence-corrected chi connectivity index (χ0v) is 9.27. The average Bonchev–Trinajstić information content (AvgIpc) is 2.08. The van der Waals surface area contributed by atoms with E-state index in [1.165, 1.54) is 0 Å². The zero-order chi connectivity index (χ0) is 10.1. The standard InChI is InChI=1S/C8H17NO.C2H6/c1-5-6(2)8(9-4)7(3)10;1-2/h6,8-9H,5H2,1-4H3;1-2H3/t6?,8-;/m0./s1. The molecule has 74 valence electrons. The molecule has 0 saturated carbocycles. The lowest BCUT2D eigenvalue weighted by molar-refractivity contribution is -0.119. The van der Waals surface area contributed by atoms with E-state index < -0.39 is 0 Å². The Labute approximate surface area is 76.7 Å². The van der Waals surface area contributed by atoms with Crippen LogP contribution in [-0.2, 0) is 4.79 Å². The summed E-state index contributed by atoms with van der Waals surface area (Å²) in [5.74, 6) is 0.680. The molecule has 0 aromatic carbocycles. The quantitative estimate of drug-likeness (QED) is 0.706. The summed E-state index contributed by atoms with van der Waals surface area (Å²) in [6.07, 6.45) is 1.05. The number of carbonyl (C=O) groups is 1. The Hall–Kier alpha value is -0.370. The van der Waals surface area contributed by atoms with Crippen molar-refractivity contribution in [1.82, 2.24) is 5.32 Å². The van der Waals surface area contributed by atoms with Crippen molar-refractivity contribution in [1.29, 1.82) is 0 Å². The monoisotopic (exact) mass is 173 g/mol. The summed E-state index contributed by atoms with van der Waals surface area (Å²) in [5, 5.41) is 3.00. The summed E-state index contributed by atoms with van der Waals surface area (Å²) in [6, 6.07) is 0.0463. The lowest BCUT2D eigenvalue weighted by Gasteiger charge is -2.18. The molecule has 12 heavy (non-hydrogen) atoms. The van der Waals surface area contributed by atoms with Crippen molar-refractivity contribution in [3.63, 3.8) is 0 Å². The van der Waals surface area contributed by atoms with E-state index in [9.17, 15) is 4.79 Å². The van der Waals surface area contributed by atoms with Crippen LogP contribution in [0, 0.1) is 5.92 Å². The first-order valence-electron chi connectivity index (χ1n) is 4.81. The molecule has 0 aromatic rings. The summed E-state index contributed by atoms with van der Waals surface area (Å²) >= 11 is 0. The lowest BCUT2D eigenvalue weighted by atomic mass is 9.96. The van der Waals surface area contributed by atoms with Gasteiger partial charge in [0.25, 0.3) is 0 Å². The molecule has 2 nitrogen and oxygen atoms in total. The minimum absolute atomic E-state index is 0.0463. The molecule has 0 spiro atoms. The smallest absolute Gasteiger partial charge is 0.146 e. The second kappa shape index (κ2) is 8.72. The fourth-order valence-electron chi connectivity index (χ4n) is 1.12. The van der Waals surface area contributed by atoms with Gasteiger partial charge in [-0.1, -0.05) is 34.1 Å². The van der Waals surface area contributed by atoms with E-state index in [0.29, 0.717) is 5.92 Å². The van der Waals surface area contributed by atoms with Crippen molar-refractivity contribution in [3.05, 3.63) is 0 Å². The Bertz CT molecular complexity index is 112. The largest absolute Gasteiger partial charge is 0.310 e. The van der Waals surface area contributed by atoms with Crippen molar-refractivity contribution >= 4 is 5.78 Å². The highest BCUT2D eigenvalue weighted by molar-refractivity contribution is 5.81. The maximum absolute atomic E-state index is 10.9. The number of nitrogens with one attached hydrogen (secondary N) is 1. The highest BCUT2D eigenvalue weighted by Crippen LogP contribution is 2.07. The minimum atomic E-state index is 0.0463. The molecule has 0 aromatic heterocycles. The van der Waals surface area contributed by atoms with Crippen LogP contribution in [0.4, 0.5) is 0 Å². The zero-order valence-electron chi connectivity index (χ0n) is 9.27. The molecule has 1 unspecified atom stereocenters. The van der Waals surface area contributed by atoms with Gasteiger partial charge < -0.3 is 5.32 Å². The number of ketones is 1. The summed E-state index contributed by atoms with van der Waals surface area (Å²) < 4.78 is 0. The molecule has 0 aliphatic heterocycles. The van der Waals surface area contributed by atoms with Crippen molar-refractivity contribution in [2.45, 2.75) is 47.1 Å². The number of likely N-dealkylation sites (N-methyl/N-ethyl adjacent to an activating group) is 1. The predicted octanol–water partition coefficient (Wildman–Crippen LogP) is 2.24. The Morgan fingerprint density at radius 1 is 1.42 bits per heavy atom. The minimum Gasteiger partial charge on any atom is -0.310 e. The van der Waals surface area contributed by atoms with Crippen LogP contribution in [0.2, 0.25) is 0 Å². The first-order chi connectivity index (χ1) is 5.63. The molecule has 0 rings (SSSR count). The summed E-state index contributed by atoms with van der Waals surface area (Å²) in [5.41, 5.74) is 0. The summed E-state index contributed by atoms with van der Waals surface area (Å²) in [7, 11) is 1.83. The molecule has 2 atom stereocenters. The topological polar surface area (TPSA) is 29.1 Å². The van der Waals surface area contributed by atoms with Gasteiger partial charge in [0.15, 0.2) is 0 Å². The van der Waals surface area contributed by atoms with Crippen molar-refractivity contribution < 1.29 is 4.79 Å². The van der Waals surface area contributed by atoms with Gasteiger partial charge in [-0.15, -0.1) is 0 Å². The van der Waals surface area contributed by atoms with Crippen LogP contribution in [0.5, 0.6) is 0 Å². The first kappa shape index (κ1) is 14.2. The summed E-state index contributed by atoms with van der Waals surface area (Å²) in [4.78, 5) is 10.9. The Balaban J connectivity index is 0. The second-order valence-corrected chi connectivity index (χ2v) is 2.76. The molecule has 0 aliphatic rings. The number of carbonyl (C=O) groups excluding carboxylic acids is 1. The van der Waals surface area contributed by atoms with Crippen LogP contribution in [0.25, 0.3) is 0 Å². The molecule has 1 N–H and O–H groups in total. The Morgan fingerprint density at radius 2 is 1.83 bits per heavy atom. The third kappa shape index (κ3) is 5.30. The van der Waals surface area contributed by atoms with Crippen LogP contribution in [-0.4, -0.2) is 18.9 Å². The fourth-order valence-corrected chi connectivity index (χ4v) is 1.12. The second-order valence-electron chi connectivity index (χ2n) is 2.76. The van der Waals surface area contributed by atoms with Crippen LogP contribution in [0.15, 0.2) is 0 Å². The molecular formula is C10H23NO. The number of hydrogen-bond donors (Lipinski definition) is 1. The molecule has 0 bridgehead atoms. The van der Waals surface area contributed by atoms with Crippen LogP contribution in [0.3, 0.4) is 0 Å². The third-order valence-corrected chi connectivity index (χ3v) is 1.96. The maximum Gasteiger partial charge on any atom is 0.146 e. The van der Waals surface area contributed by atoms with E-state index in [-0.39, 0.29) is 11.8 Å². The van der Waals surface area contributed by atoms with Gasteiger partial charge in [0.1, 0.15) is 5.78 Å². The lowest BCUT2D eigenvalue weighted by Crippen LogP contribution is -2.37. The van der Waals surface area contributed by atoms with Gasteiger partial charge in [0.05, 0.1) is 6.04 Å². The van der Waals surface area contributed by atoms with Crippen molar-refractivity contribution in [2.75, 3.05) is 7.05 Å². The number of rotatable bonds is 4. The SMILES string of the molecule is CC.CCC(C)[C@H](NC)C(C)=O. The van der Waals surface area contributed by atoms with E-state index in [1.54, 1.807) is 6.92 Å². The average molecular weight is 173 g/mol. The van der Waals surface area contributed by atoms with E-state index in [1.807, 2.05) is 20.9 Å². The van der Waals surface area contributed by atoms with E-state index in [4.69, 9.17) is 0 Å². The van der Waals surface area contributed by atoms with Crippen molar-refractivity contribution in [3.8, 4) is 0 Å². The van der Waals surface area contributed by atoms with Crippen LogP contribution in [0.1, 0.15) is 41.0 Å². The van der Waals surface area contributed by atoms with Crippen molar-refractivity contribution in [2.24, 2.45) is 5.92 Å². The summed E-state index contributed by atoms with van der Waals surface area (Å²) in [6.45, 7) is 9.81. The molecule has 0 radical (unpaired) electrons. The van der Waals surface area contributed by atoms with Gasteiger partial charge in [-0.25, -0.2) is 0 Å². The first-order valence-corrected chi connectivity index (χ1v) is 4.81. The molecule has 2 heteroatoms. The highest BCUT2D eigenvalue weighted by Gasteiger charge is 2.17. The third-order valence-electron chi connectivity index (χ3n) is 1.96. The predicted molar refractivity (Wildman–Crippen MR) is 54.3 cm³/mol. The van der Waals surface area contributed by atoms with Crippen LogP contribution >= 0.6 is 0 Å². The van der Waals surface area contributed by atoms with Gasteiger partial charge in [-0.05, 0) is 19.9 Å². The Morgan fingerprint density at radius 3 is 1.92 bits per heavy atom. The van der Waals surface area contributed by atoms with Gasteiger partial charge in [-0.3, -0.25) is 4.79 Å². The van der Waals surface area contributed by atoms with E-state index in [0.717, 1.165) is 6.42 Å². The highest BCUT2D eigenvalue weighted by atomic mass is 16.1. The number of Topliss-reactive ketones (excluding diaryl/α,β-unsaturated/α-hetero) is 1. The molecule has 0 heterocycles. The Kier molecular flexibility index (Phi) is 10.3. The maximum atomic E-state index is 10.9.